The van der Waals surface area contributed by atoms with Gasteiger partial charge in [0.05, 0.1) is 19.8 Å². The summed E-state index contributed by atoms with van der Waals surface area (Å²) in [5, 5.41) is 28.7. The van der Waals surface area contributed by atoms with E-state index in [0.29, 0.717) is 6.61 Å². The van der Waals surface area contributed by atoms with Crippen molar-refractivity contribution in [2.75, 3.05) is 19.8 Å². The van der Waals surface area contributed by atoms with Gasteiger partial charge in [-0.05, 0) is 19.3 Å². The highest BCUT2D eigenvalue weighted by Crippen LogP contribution is 2.17. The second-order valence-electron chi connectivity index (χ2n) is 5.25. The molecule has 4 atom stereocenters. The molecule has 0 spiro atoms. The van der Waals surface area contributed by atoms with Gasteiger partial charge in [0.15, 0.2) is 0 Å². The molecule has 0 radical (unpaired) electrons. The van der Waals surface area contributed by atoms with Gasteiger partial charge in [-0.1, -0.05) is 31.9 Å². The summed E-state index contributed by atoms with van der Waals surface area (Å²) in [6, 6.07) is 0. The predicted octanol–water partition coefficient (Wildman–Crippen LogP) is 1.01. The van der Waals surface area contributed by atoms with Crippen molar-refractivity contribution in [2.45, 2.75) is 63.4 Å². The molecule has 20 heavy (non-hydrogen) atoms. The molecule has 5 heteroatoms. The normalized spacial score (nSPS) is 28.3. The van der Waals surface area contributed by atoms with Crippen LogP contribution in [0.2, 0.25) is 0 Å². The minimum absolute atomic E-state index is 0.0589. The van der Waals surface area contributed by atoms with Gasteiger partial charge >= 0.3 is 0 Å². The lowest BCUT2D eigenvalue weighted by molar-refractivity contribution is -0.0806. The van der Waals surface area contributed by atoms with Crippen molar-refractivity contribution in [2.24, 2.45) is 0 Å². The Hall–Kier alpha value is -0.460. The number of rotatable bonds is 10. The van der Waals surface area contributed by atoms with Crippen LogP contribution in [0.4, 0.5) is 0 Å². The Kier molecular flexibility index (Phi) is 9.05. The lowest BCUT2D eigenvalue weighted by Crippen LogP contribution is -2.40. The Labute approximate surface area is 121 Å². The van der Waals surface area contributed by atoms with Crippen molar-refractivity contribution in [3.8, 4) is 0 Å². The monoisotopic (exact) mass is 288 g/mol. The first-order chi connectivity index (χ1) is 9.66. The maximum Gasteiger partial charge on any atom is 0.114 e. The molecular formula is C15H28O5. The summed E-state index contributed by atoms with van der Waals surface area (Å²) in [5.41, 5.74) is 0. The second kappa shape index (κ2) is 10.3. The molecule has 118 valence electrons. The molecule has 0 amide bonds. The van der Waals surface area contributed by atoms with Crippen LogP contribution in [0.5, 0.6) is 0 Å². The minimum atomic E-state index is -1.04. The highest BCUT2D eigenvalue weighted by atomic mass is 16.5. The quantitative estimate of drug-likeness (QED) is 0.413. The SMILES string of the molecule is CCCCC/C=C/CCOC[C@H](O)[C@@H]1OC[C@@H](O)[C@@H]1O. The maximum absolute atomic E-state index is 9.80. The zero-order valence-corrected chi connectivity index (χ0v) is 12.3. The van der Waals surface area contributed by atoms with Crippen molar-refractivity contribution < 1.29 is 24.8 Å². The third-order valence-corrected chi connectivity index (χ3v) is 3.43. The number of hydrogen-bond acceptors (Lipinski definition) is 5. The standard InChI is InChI=1S/C15H28O5/c1-2-3-4-5-6-7-8-9-19-10-13(17)15-14(18)12(16)11-20-15/h6-7,12-18H,2-5,8-11H2,1H3/b7-6+/t12-,13+,14+,15+/m1/s1. The fraction of sp³-hybridized carbons (Fsp3) is 0.867. The largest absolute Gasteiger partial charge is 0.388 e. The molecule has 0 unspecified atom stereocenters. The van der Waals surface area contributed by atoms with Gasteiger partial charge in [0.1, 0.15) is 24.4 Å². The fourth-order valence-electron chi connectivity index (χ4n) is 2.16. The van der Waals surface area contributed by atoms with E-state index in [0.717, 1.165) is 12.8 Å². The highest BCUT2D eigenvalue weighted by Gasteiger charge is 2.39. The van der Waals surface area contributed by atoms with E-state index < -0.39 is 24.4 Å². The molecule has 0 aromatic heterocycles. The molecule has 0 aromatic carbocycles. The van der Waals surface area contributed by atoms with Gasteiger partial charge < -0.3 is 24.8 Å². The van der Waals surface area contributed by atoms with E-state index in [4.69, 9.17) is 9.47 Å². The highest BCUT2D eigenvalue weighted by molar-refractivity contribution is 4.88. The molecule has 1 aliphatic heterocycles. The second-order valence-corrected chi connectivity index (χ2v) is 5.25. The summed E-state index contributed by atoms with van der Waals surface area (Å²) in [6.45, 7) is 2.89. The zero-order chi connectivity index (χ0) is 14.8. The van der Waals surface area contributed by atoms with Crippen LogP contribution in [0.15, 0.2) is 12.2 Å². The Balaban J connectivity index is 2.01. The number of aliphatic hydroxyl groups excluding tert-OH is 3. The fourth-order valence-corrected chi connectivity index (χ4v) is 2.16. The van der Waals surface area contributed by atoms with Gasteiger partial charge in [0.2, 0.25) is 0 Å². The molecule has 1 fully saturated rings. The van der Waals surface area contributed by atoms with Gasteiger partial charge in [-0.15, -0.1) is 0 Å². The van der Waals surface area contributed by atoms with Crippen LogP contribution in [0, 0.1) is 0 Å². The van der Waals surface area contributed by atoms with E-state index in [-0.39, 0.29) is 13.2 Å². The Bertz CT molecular complexity index is 269. The first kappa shape index (κ1) is 17.6. The molecular weight excluding hydrogens is 260 g/mol. The molecule has 0 aromatic rings. The number of unbranched alkanes of at least 4 members (excludes halogenated alkanes) is 3. The first-order valence-corrected chi connectivity index (χ1v) is 7.55. The van der Waals surface area contributed by atoms with Crippen molar-refractivity contribution in [1.82, 2.24) is 0 Å². The third kappa shape index (κ3) is 6.33. The Morgan fingerprint density at radius 1 is 1.25 bits per heavy atom. The summed E-state index contributed by atoms with van der Waals surface area (Å²) in [6.07, 6.45) is 6.29. The van der Waals surface area contributed by atoms with E-state index in [1.165, 1.54) is 19.3 Å². The Morgan fingerprint density at radius 3 is 2.65 bits per heavy atom. The van der Waals surface area contributed by atoms with E-state index >= 15 is 0 Å². The molecule has 0 bridgehead atoms. The number of hydrogen-bond donors (Lipinski definition) is 3. The summed E-state index contributed by atoms with van der Waals surface area (Å²) in [5.74, 6) is 0. The molecule has 0 saturated carbocycles. The van der Waals surface area contributed by atoms with E-state index in [1.54, 1.807) is 0 Å². The van der Waals surface area contributed by atoms with Crippen LogP contribution in [0.1, 0.15) is 39.0 Å². The van der Waals surface area contributed by atoms with Crippen molar-refractivity contribution >= 4 is 0 Å². The van der Waals surface area contributed by atoms with Gasteiger partial charge in [-0.2, -0.15) is 0 Å². The zero-order valence-electron chi connectivity index (χ0n) is 12.3. The summed E-state index contributed by atoms with van der Waals surface area (Å²) < 4.78 is 10.5. The van der Waals surface area contributed by atoms with Gasteiger partial charge in [-0.25, -0.2) is 0 Å². The smallest absolute Gasteiger partial charge is 0.114 e. The van der Waals surface area contributed by atoms with Crippen molar-refractivity contribution in [3.63, 3.8) is 0 Å². The van der Waals surface area contributed by atoms with Gasteiger partial charge in [0.25, 0.3) is 0 Å². The molecule has 1 heterocycles. The number of allylic oxidation sites excluding steroid dienone is 1. The average Bonchev–Trinajstić information content (AvgIpc) is 2.77. The molecule has 1 rings (SSSR count). The molecule has 3 N–H and O–H groups in total. The number of aliphatic hydroxyl groups is 3. The van der Waals surface area contributed by atoms with Crippen LogP contribution in [0.25, 0.3) is 0 Å². The summed E-state index contributed by atoms with van der Waals surface area (Å²) in [7, 11) is 0. The molecule has 0 aliphatic carbocycles. The molecule has 1 aliphatic rings. The predicted molar refractivity (Wildman–Crippen MR) is 76.5 cm³/mol. The van der Waals surface area contributed by atoms with Crippen LogP contribution in [-0.2, 0) is 9.47 Å². The van der Waals surface area contributed by atoms with Crippen molar-refractivity contribution in [1.29, 1.82) is 0 Å². The first-order valence-electron chi connectivity index (χ1n) is 7.55. The summed E-state index contributed by atoms with van der Waals surface area (Å²) in [4.78, 5) is 0. The number of ether oxygens (including phenoxy) is 2. The van der Waals surface area contributed by atoms with Gasteiger partial charge in [0, 0.05) is 0 Å². The van der Waals surface area contributed by atoms with Crippen molar-refractivity contribution in [3.05, 3.63) is 12.2 Å². The lowest BCUT2D eigenvalue weighted by Gasteiger charge is -2.20. The summed E-state index contributed by atoms with van der Waals surface area (Å²) >= 11 is 0. The van der Waals surface area contributed by atoms with E-state index in [2.05, 4.69) is 19.1 Å². The van der Waals surface area contributed by atoms with Crippen LogP contribution in [-0.4, -0.2) is 59.6 Å². The minimum Gasteiger partial charge on any atom is -0.388 e. The van der Waals surface area contributed by atoms with Crippen LogP contribution < -0.4 is 0 Å². The average molecular weight is 288 g/mol. The molecule has 5 nitrogen and oxygen atoms in total. The maximum atomic E-state index is 9.80. The van der Waals surface area contributed by atoms with Gasteiger partial charge in [-0.3, -0.25) is 0 Å². The van der Waals surface area contributed by atoms with Crippen LogP contribution >= 0.6 is 0 Å². The lowest BCUT2D eigenvalue weighted by atomic mass is 10.1. The third-order valence-electron chi connectivity index (χ3n) is 3.43. The van der Waals surface area contributed by atoms with Crippen LogP contribution in [0.3, 0.4) is 0 Å². The Morgan fingerprint density at radius 2 is 2.00 bits per heavy atom. The topological polar surface area (TPSA) is 79.2 Å². The van der Waals surface area contributed by atoms with E-state index in [1.807, 2.05) is 0 Å². The molecule has 1 saturated heterocycles. The van der Waals surface area contributed by atoms with E-state index in [9.17, 15) is 15.3 Å².